The molecule has 0 bridgehead atoms. The Hall–Kier alpha value is -2.07. The molecule has 0 heterocycles. The average Bonchev–Trinajstić information content (AvgIpc) is 2.69. The van der Waals surface area contributed by atoms with Crippen LogP contribution >= 0.6 is 0 Å². The summed E-state index contributed by atoms with van der Waals surface area (Å²) in [5, 5.41) is 9.06. The molecule has 0 radical (unpaired) electrons. The molecule has 0 N–H and O–H groups in total. The monoisotopic (exact) mass is 331 g/mol. The Morgan fingerprint density at radius 1 is 0.920 bits per heavy atom. The van der Waals surface area contributed by atoms with Crippen molar-refractivity contribution in [3.05, 3.63) is 59.7 Å². The molecule has 3 rings (SSSR count). The van der Waals surface area contributed by atoms with Gasteiger partial charge < -0.3 is 0 Å². The van der Waals surface area contributed by atoms with Gasteiger partial charge in [0.1, 0.15) is 0 Å². The van der Waals surface area contributed by atoms with Crippen molar-refractivity contribution in [2.75, 3.05) is 0 Å². The lowest BCUT2D eigenvalue weighted by Crippen LogP contribution is -2.13. The van der Waals surface area contributed by atoms with E-state index < -0.39 is 0 Å². The van der Waals surface area contributed by atoms with Gasteiger partial charge in [0, 0.05) is 0 Å². The molecular weight excluding hydrogens is 302 g/mol. The van der Waals surface area contributed by atoms with E-state index in [1.54, 1.807) is 0 Å². The number of hydrogen-bond acceptors (Lipinski definition) is 1. The predicted molar refractivity (Wildman–Crippen MR) is 105 cm³/mol. The van der Waals surface area contributed by atoms with Crippen LogP contribution in [0, 0.1) is 17.2 Å². The van der Waals surface area contributed by atoms with Crippen molar-refractivity contribution in [1.29, 1.82) is 5.26 Å². The smallest absolute Gasteiger partial charge is 0.0991 e. The minimum absolute atomic E-state index is 0.725. The molecule has 2 aromatic carbocycles. The molecule has 130 valence electrons. The first kappa shape index (κ1) is 17.7. The lowest BCUT2D eigenvalue weighted by Gasteiger charge is -2.29. The Kier molecular flexibility index (Phi) is 6.29. The summed E-state index contributed by atoms with van der Waals surface area (Å²) < 4.78 is 0. The summed E-state index contributed by atoms with van der Waals surface area (Å²) >= 11 is 0. The normalized spacial score (nSPS) is 20.2. The Bertz CT molecular complexity index is 700. The van der Waals surface area contributed by atoms with E-state index in [4.69, 9.17) is 5.26 Å². The van der Waals surface area contributed by atoms with Gasteiger partial charge in [0.25, 0.3) is 0 Å². The molecule has 1 nitrogen and oxygen atoms in total. The van der Waals surface area contributed by atoms with Crippen molar-refractivity contribution < 1.29 is 0 Å². The van der Waals surface area contributed by atoms with Crippen LogP contribution in [0.25, 0.3) is 11.1 Å². The highest BCUT2D eigenvalue weighted by Gasteiger charge is 2.21. The highest BCUT2D eigenvalue weighted by Crippen LogP contribution is 2.38. The van der Waals surface area contributed by atoms with Gasteiger partial charge in [-0.3, -0.25) is 0 Å². The summed E-state index contributed by atoms with van der Waals surface area (Å²) in [5.74, 6) is 1.71. The average molecular weight is 332 g/mol. The molecule has 1 aliphatic rings. The quantitative estimate of drug-likeness (QED) is 0.519. The van der Waals surface area contributed by atoms with Crippen LogP contribution in [0.2, 0.25) is 0 Å². The maximum Gasteiger partial charge on any atom is 0.0991 e. The fourth-order valence-corrected chi connectivity index (χ4v) is 4.18. The molecule has 0 unspecified atom stereocenters. The van der Waals surface area contributed by atoms with E-state index in [0.717, 1.165) is 23.0 Å². The van der Waals surface area contributed by atoms with Gasteiger partial charge in [-0.1, -0.05) is 69.0 Å². The van der Waals surface area contributed by atoms with E-state index >= 15 is 0 Å². The first-order valence-corrected chi connectivity index (χ1v) is 9.90. The first-order valence-electron chi connectivity index (χ1n) is 9.90. The molecule has 0 saturated heterocycles. The Morgan fingerprint density at radius 3 is 2.36 bits per heavy atom. The van der Waals surface area contributed by atoms with E-state index in [1.165, 1.54) is 62.5 Å². The van der Waals surface area contributed by atoms with Crippen LogP contribution in [0.3, 0.4) is 0 Å². The van der Waals surface area contributed by atoms with E-state index in [2.05, 4.69) is 43.3 Å². The number of hydrogen-bond donors (Lipinski definition) is 0. The first-order chi connectivity index (χ1) is 12.3. The zero-order valence-corrected chi connectivity index (χ0v) is 15.4. The third-order valence-corrected chi connectivity index (χ3v) is 5.77. The number of rotatable bonds is 6. The minimum atomic E-state index is 0.725. The van der Waals surface area contributed by atoms with Gasteiger partial charge in [-0.15, -0.1) is 0 Å². The van der Waals surface area contributed by atoms with E-state index in [1.807, 2.05) is 18.2 Å². The van der Waals surface area contributed by atoms with Crippen molar-refractivity contribution in [2.45, 2.75) is 64.2 Å². The topological polar surface area (TPSA) is 23.8 Å². The number of nitrogens with zero attached hydrogens (tertiary/aromatic N) is 1. The molecule has 0 spiro atoms. The SMILES string of the molecule is CCCCCC1CCC(c2ccc(-c3cccc(C#N)c3)cc2)CC1. The summed E-state index contributed by atoms with van der Waals surface area (Å²) in [6, 6.07) is 19.1. The largest absolute Gasteiger partial charge is 0.192 e. The van der Waals surface area contributed by atoms with Crippen molar-refractivity contribution in [1.82, 2.24) is 0 Å². The van der Waals surface area contributed by atoms with Gasteiger partial charge in [-0.25, -0.2) is 0 Å². The molecule has 0 atom stereocenters. The second-order valence-corrected chi connectivity index (χ2v) is 7.53. The van der Waals surface area contributed by atoms with Gasteiger partial charge in [0.05, 0.1) is 11.6 Å². The summed E-state index contributed by atoms with van der Waals surface area (Å²) in [6.45, 7) is 2.29. The highest BCUT2D eigenvalue weighted by atomic mass is 14.3. The van der Waals surface area contributed by atoms with Crippen LogP contribution in [-0.4, -0.2) is 0 Å². The molecule has 1 fully saturated rings. The van der Waals surface area contributed by atoms with E-state index in [9.17, 15) is 0 Å². The zero-order chi connectivity index (χ0) is 17.5. The van der Waals surface area contributed by atoms with Crippen LogP contribution < -0.4 is 0 Å². The maximum absolute atomic E-state index is 9.06. The van der Waals surface area contributed by atoms with Gasteiger partial charge in [-0.2, -0.15) is 5.26 Å². The molecule has 0 amide bonds. The van der Waals surface area contributed by atoms with E-state index in [0.29, 0.717) is 0 Å². The molecule has 1 saturated carbocycles. The molecule has 1 heteroatoms. The third-order valence-electron chi connectivity index (χ3n) is 5.77. The van der Waals surface area contributed by atoms with Crippen LogP contribution in [0.4, 0.5) is 0 Å². The Balaban J connectivity index is 1.59. The van der Waals surface area contributed by atoms with Crippen molar-refractivity contribution in [3.8, 4) is 17.2 Å². The summed E-state index contributed by atoms with van der Waals surface area (Å²) in [4.78, 5) is 0. The molecule has 1 aliphatic carbocycles. The molecule has 2 aromatic rings. The molecular formula is C24H29N. The Morgan fingerprint density at radius 2 is 1.68 bits per heavy atom. The van der Waals surface area contributed by atoms with Gasteiger partial charge in [0.15, 0.2) is 0 Å². The fraction of sp³-hybridized carbons (Fsp3) is 0.458. The fourth-order valence-electron chi connectivity index (χ4n) is 4.18. The van der Waals surface area contributed by atoms with Crippen molar-refractivity contribution >= 4 is 0 Å². The number of nitriles is 1. The molecule has 0 aromatic heterocycles. The Labute approximate surface area is 152 Å². The summed E-state index contributed by atoms with van der Waals surface area (Å²) in [6.07, 6.45) is 11.1. The van der Waals surface area contributed by atoms with Crippen LogP contribution in [-0.2, 0) is 0 Å². The lowest BCUT2D eigenvalue weighted by atomic mass is 9.77. The lowest BCUT2D eigenvalue weighted by molar-refractivity contribution is 0.303. The van der Waals surface area contributed by atoms with Crippen LogP contribution in [0.15, 0.2) is 48.5 Å². The second kappa shape index (κ2) is 8.86. The van der Waals surface area contributed by atoms with Crippen molar-refractivity contribution in [3.63, 3.8) is 0 Å². The van der Waals surface area contributed by atoms with Crippen LogP contribution in [0.5, 0.6) is 0 Å². The number of benzene rings is 2. The maximum atomic E-state index is 9.06. The van der Waals surface area contributed by atoms with Crippen LogP contribution in [0.1, 0.15) is 75.3 Å². The minimum Gasteiger partial charge on any atom is -0.192 e. The van der Waals surface area contributed by atoms with Gasteiger partial charge in [-0.05, 0) is 66.3 Å². The predicted octanol–water partition coefficient (Wildman–Crippen LogP) is 7.08. The van der Waals surface area contributed by atoms with Crippen molar-refractivity contribution in [2.24, 2.45) is 5.92 Å². The number of unbranched alkanes of at least 4 members (excludes halogenated alkanes) is 2. The summed E-state index contributed by atoms with van der Waals surface area (Å²) in [7, 11) is 0. The van der Waals surface area contributed by atoms with Gasteiger partial charge in [0.2, 0.25) is 0 Å². The van der Waals surface area contributed by atoms with E-state index in [-0.39, 0.29) is 0 Å². The highest BCUT2D eigenvalue weighted by molar-refractivity contribution is 5.65. The third kappa shape index (κ3) is 4.73. The zero-order valence-electron chi connectivity index (χ0n) is 15.4. The van der Waals surface area contributed by atoms with Gasteiger partial charge >= 0.3 is 0 Å². The second-order valence-electron chi connectivity index (χ2n) is 7.53. The molecule has 25 heavy (non-hydrogen) atoms. The molecule has 0 aliphatic heterocycles. The summed E-state index contributed by atoms with van der Waals surface area (Å²) in [5.41, 5.74) is 4.55. The standard InChI is InChI=1S/C24H29N/c1-2-3-4-6-19-9-11-21(12-10-19)22-13-15-23(16-14-22)24-8-5-7-20(17-24)18-25/h5,7-8,13-17,19,21H,2-4,6,9-12H2,1H3.